The first-order valence-corrected chi connectivity index (χ1v) is 3.06. The van der Waals surface area contributed by atoms with Gasteiger partial charge in [-0.05, 0) is 26.8 Å². The quantitative estimate of drug-likeness (QED) is 0.557. The molecule has 0 radical (unpaired) electrons. The molecule has 0 aliphatic rings. The monoisotopic (exact) mass is 126 g/mol. The molecule has 0 saturated heterocycles. The predicted octanol–water partition coefficient (Wildman–Crippen LogP) is 1.33. The zero-order valence-corrected chi connectivity index (χ0v) is 6.26. The van der Waals surface area contributed by atoms with Crippen LogP contribution in [-0.2, 0) is 0 Å². The van der Waals surface area contributed by atoms with Crippen LogP contribution in [0.1, 0.15) is 20.8 Å². The highest BCUT2D eigenvalue weighted by molar-refractivity contribution is 5.79. The molecule has 0 aromatic heterocycles. The lowest BCUT2D eigenvalue weighted by atomic mass is 10.3. The molecule has 0 heterocycles. The molecule has 0 aromatic rings. The molecule has 52 valence electrons. The third-order valence-corrected chi connectivity index (χ3v) is 0.722. The molecule has 0 bridgehead atoms. The second kappa shape index (κ2) is 4.27. The number of nitrogens with zero attached hydrogens (tertiary/aromatic N) is 1. The normalized spacial score (nSPS) is 13.8. The van der Waals surface area contributed by atoms with Crippen molar-refractivity contribution in [3.63, 3.8) is 0 Å². The first-order chi connectivity index (χ1) is 4.13. The average Bonchev–Trinajstić information content (AvgIpc) is 1.63. The molecule has 0 aromatic carbocycles. The van der Waals surface area contributed by atoms with Gasteiger partial charge in [-0.2, -0.15) is 0 Å². The van der Waals surface area contributed by atoms with E-state index in [0.29, 0.717) is 0 Å². The van der Waals surface area contributed by atoms with E-state index in [-0.39, 0.29) is 6.04 Å². The van der Waals surface area contributed by atoms with Gasteiger partial charge in [-0.25, -0.2) is 0 Å². The van der Waals surface area contributed by atoms with Gasteiger partial charge in [-0.15, -0.1) is 0 Å². The van der Waals surface area contributed by atoms with Crippen LogP contribution in [0.5, 0.6) is 0 Å². The van der Waals surface area contributed by atoms with Gasteiger partial charge in [-0.1, -0.05) is 0 Å². The molecule has 0 saturated carbocycles. The van der Waals surface area contributed by atoms with E-state index in [0.717, 1.165) is 5.71 Å². The van der Waals surface area contributed by atoms with Gasteiger partial charge < -0.3 is 5.73 Å². The number of rotatable bonds is 2. The maximum Gasteiger partial charge on any atom is 0.0242 e. The second-order valence-electron chi connectivity index (χ2n) is 2.28. The Labute approximate surface area is 56.5 Å². The molecule has 0 spiro atoms. The van der Waals surface area contributed by atoms with E-state index in [2.05, 4.69) is 4.99 Å². The van der Waals surface area contributed by atoms with E-state index in [1.165, 1.54) is 0 Å². The lowest BCUT2D eigenvalue weighted by molar-refractivity contribution is 0.923. The Kier molecular flexibility index (Phi) is 3.97. The van der Waals surface area contributed by atoms with Gasteiger partial charge >= 0.3 is 0 Å². The van der Waals surface area contributed by atoms with Crippen LogP contribution >= 0.6 is 0 Å². The van der Waals surface area contributed by atoms with Crippen molar-refractivity contribution in [1.29, 1.82) is 0 Å². The van der Waals surface area contributed by atoms with E-state index in [9.17, 15) is 0 Å². The minimum Gasteiger partial charge on any atom is -0.325 e. The third-order valence-electron chi connectivity index (χ3n) is 0.722. The van der Waals surface area contributed by atoms with Gasteiger partial charge in [0.25, 0.3) is 0 Å². The molecule has 0 aliphatic carbocycles. The lowest BCUT2D eigenvalue weighted by Gasteiger charge is -1.90. The Morgan fingerprint density at radius 3 is 2.44 bits per heavy atom. The van der Waals surface area contributed by atoms with Crippen molar-refractivity contribution >= 4 is 5.71 Å². The molecular weight excluding hydrogens is 112 g/mol. The highest BCUT2D eigenvalue weighted by Crippen LogP contribution is 1.81. The Morgan fingerprint density at radius 2 is 2.11 bits per heavy atom. The highest BCUT2D eigenvalue weighted by atomic mass is 14.7. The minimum atomic E-state index is 0.105. The molecule has 2 nitrogen and oxygen atoms in total. The SMILES string of the molecule is CC(C)=N/C=C\[C@@H](C)N. The molecule has 0 amide bonds. The summed E-state index contributed by atoms with van der Waals surface area (Å²) in [5, 5.41) is 0. The summed E-state index contributed by atoms with van der Waals surface area (Å²) < 4.78 is 0. The smallest absolute Gasteiger partial charge is 0.0242 e. The average molecular weight is 126 g/mol. The molecule has 9 heavy (non-hydrogen) atoms. The van der Waals surface area contributed by atoms with Crippen molar-refractivity contribution in [2.45, 2.75) is 26.8 Å². The molecule has 2 N–H and O–H groups in total. The zero-order chi connectivity index (χ0) is 7.28. The van der Waals surface area contributed by atoms with Crippen molar-refractivity contribution in [2.75, 3.05) is 0 Å². The Bertz CT molecular complexity index is 119. The van der Waals surface area contributed by atoms with Crippen LogP contribution in [-0.4, -0.2) is 11.8 Å². The van der Waals surface area contributed by atoms with Gasteiger partial charge in [0, 0.05) is 18.0 Å². The van der Waals surface area contributed by atoms with Crippen LogP contribution in [0.25, 0.3) is 0 Å². The van der Waals surface area contributed by atoms with Crippen LogP contribution < -0.4 is 5.73 Å². The van der Waals surface area contributed by atoms with Crippen molar-refractivity contribution in [3.8, 4) is 0 Å². The summed E-state index contributed by atoms with van der Waals surface area (Å²) in [6.07, 6.45) is 3.59. The van der Waals surface area contributed by atoms with E-state index in [1.54, 1.807) is 6.20 Å². The van der Waals surface area contributed by atoms with Gasteiger partial charge in [0.15, 0.2) is 0 Å². The molecule has 2 heteroatoms. The summed E-state index contributed by atoms with van der Waals surface area (Å²) in [5.74, 6) is 0. The number of hydrogen-bond donors (Lipinski definition) is 1. The van der Waals surface area contributed by atoms with Crippen molar-refractivity contribution in [3.05, 3.63) is 12.3 Å². The topological polar surface area (TPSA) is 38.4 Å². The molecule has 0 rings (SSSR count). The summed E-state index contributed by atoms with van der Waals surface area (Å²) in [6.45, 7) is 5.81. The third kappa shape index (κ3) is 7.37. The maximum atomic E-state index is 5.42. The fourth-order valence-corrected chi connectivity index (χ4v) is 0.328. The first-order valence-electron chi connectivity index (χ1n) is 3.06. The Balaban J connectivity index is 3.60. The standard InChI is InChI=1S/C7H14N2/c1-6(2)9-5-4-7(3)8/h4-5,7H,8H2,1-3H3/b5-4-/t7-/m1/s1. The van der Waals surface area contributed by atoms with Crippen molar-refractivity contribution in [2.24, 2.45) is 10.7 Å². The molecular formula is C7H14N2. The molecule has 0 unspecified atom stereocenters. The summed E-state index contributed by atoms with van der Waals surface area (Å²) in [7, 11) is 0. The van der Waals surface area contributed by atoms with Gasteiger partial charge in [0.1, 0.15) is 0 Å². The Morgan fingerprint density at radius 1 is 1.56 bits per heavy atom. The zero-order valence-electron chi connectivity index (χ0n) is 6.26. The van der Waals surface area contributed by atoms with Crippen molar-refractivity contribution < 1.29 is 0 Å². The number of hydrogen-bond acceptors (Lipinski definition) is 2. The molecule has 0 aliphatic heterocycles. The predicted molar refractivity (Wildman–Crippen MR) is 41.6 cm³/mol. The number of nitrogens with two attached hydrogens (primary N) is 1. The molecule has 0 fully saturated rings. The summed E-state index contributed by atoms with van der Waals surface area (Å²) in [6, 6.07) is 0.105. The fourth-order valence-electron chi connectivity index (χ4n) is 0.328. The van der Waals surface area contributed by atoms with Crippen molar-refractivity contribution in [1.82, 2.24) is 0 Å². The summed E-state index contributed by atoms with van der Waals surface area (Å²) in [4.78, 5) is 4.02. The van der Waals surface area contributed by atoms with Crippen LogP contribution in [0, 0.1) is 0 Å². The van der Waals surface area contributed by atoms with Crippen LogP contribution in [0.15, 0.2) is 17.3 Å². The van der Waals surface area contributed by atoms with E-state index in [1.807, 2.05) is 26.8 Å². The summed E-state index contributed by atoms with van der Waals surface area (Å²) in [5.41, 5.74) is 6.47. The van der Waals surface area contributed by atoms with Gasteiger partial charge in [-0.3, -0.25) is 4.99 Å². The van der Waals surface area contributed by atoms with E-state index >= 15 is 0 Å². The van der Waals surface area contributed by atoms with Crippen LogP contribution in [0.4, 0.5) is 0 Å². The second-order valence-corrected chi connectivity index (χ2v) is 2.28. The van der Waals surface area contributed by atoms with Gasteiger partial charge in [0.05, 0.1) is 0 Å². The fraction of sp³-hybridized carbons (Fsp3) is 0.571. The van der Waals surface area contributed by atoms with E-state index < -0.39 is 0 Å². The maximum absolute atomic E-state index is 5.42. The highest BCUT2D eigenvalue weighted by Gasteiger charge is 1.79. The minimum absolute atomic E-state index is 0.105. The van der Waals surface area contributed by atoms with Gasteiger partial charge in [0.2, 0.25) is 0 Å². The van der Waals surface area contributed by atoms with E-state index in [4.69, 9.17) is 5.73 Å². The molecule has 1 atom stereocenters. The van der Waals surface area contributed by atoms with Crippen LogP contribution in [0.2, 0.25) is 0 Å². The lowest BCUT2D eigenvalue weighted by Crippen LogP contribution is -2.09. The van der Waals surface area contributed by atoms with Crippen LogP contribution in [0.3, 0.4) is 0 Å². The number of aliphatic imine (C=N–C) groups is 1. The summed E-state index contributed by atoms with van der Waals surface area (Å²) >= 11 is 0. The first kappa shape index (κ1) is 8.37. The largest absolute Gasteiger partial charge is 0.325 e. The Hall–Kier alpha value is -0.630.